The van der Waals surface area contributed by atoms with Gasteiger partial charge in [-0.15, -0.1) is 16.4 Å². The molecule has 2 aliphatic rings. The second kappa shape index (κ2) is 6.13. The molecule has 4 rings (SSSR count). The molecular weight excluding hydrogens is 334 g/mol. The molecule has 3 heterocycles. The van der Waals surface area contributed by atoms with Gasteiger partial charge in [-0.25, -0.2) is 4.79 Å². The first-order chi connectivity index (χ1) is 11.2. The lowest BCUT2D eigenvalue weighted by Gasteiger charge is -2.24. The SMILES string of the molecule is O=C(Nc1ccsc1Cl)N1CCC[C@H]1Cn1cc(C2CC2)nn1. The Labute approximate surface area is 143 Å². The number of thiophene rings is 1. The number of halogens is 1. The van der Waals surface area contributed by atoms with E-state index in [1.54, 1.807) is 0 Å². The van der Waals surface area contributed by atoms with Gasteiger partial charge in [0.15, 0.2) is 0 Å². The first-order valence-corrected chi connectivity index (χ1v) is 9.17. The van der Waals surface area contributed by atoms with E-state index in [2.05, 4.69) is 15.6 Å². The van der Waals surface area contributed by atoms with Gasteiger partial charge in [-0.1, -0.05) is 16.8 Å². The fourth-order valence-electron chi connectivity index (χ4n) is 3.05. The van der Waals surface area contributed by atoms with Crippen LogP contribution in [-0.2, 0) is 6.54 Å². The van der Waals surface area contributed by atoms with Crippen molar-refractivity contribution in [2.24, 2.45) is 0 Å². The maximum absolute atomic E-state index is 12.5. The molecule has 0 spiro atoms. The molecule has 2 aromatic rings. The summed E-state index contributed by atoms with van der Waals surface area (Å²) in [4.78, 5) is 14.4. The van der Waals surface area contributed by atoms with Gasteiger partial charge in [0.2, 0.25) is 0 Å². The third-order valence-corrected chi connectivity index (χ3v) is 5.62. The van der Waals surface area contributed by atoms with E-state index in [0.717, 1.165) is 25.1 Å². The highest BCUT2D eigenvalue weighted by molar-refractivity contribution is 7.15. The second-order valence-electron chi connectivity index (χ2n) is 6.17. The summed E-state index contributed by atoms with van der Waals surface area (Å²) in [7, 11) is 0. The Kier molecular flexibility index (Phi) is 3.98. The first-order valence-electron chi connectivity index (χ1n) is 7.91. The van der Waals surface area contributed by atoms with Crippen LogP contribution in [0.1, 0.15) is 37.3 Å². The minimum atomic E-state index is -0.0877. The van der Waals surface area contributed by atoms with Crippen LogP contribution in [0, 0.1) is 0 Å². The Balaban J connectivity index is 1.41. The van der Waals surface area contributed by atoms with E-state index >= 15 is 0 Å². The average molecular weight is 352 g/mol. The second-order valence-corrected chi connectivity index (χ2v) is 7.69. The molecule has 1 saturated carbocycles. The summed E-state index contributed by atoms with van der Waals surface area (Å²) in [5.41, 5.74) is 1.77. The molecule has 0 radical (unpaired) electrons. The van der Waals surface area contributed by atoms with Crippen LogP contribution in [0.5, 0.6) is 0 Å². The third-order valence-electron chi connectivity index (χ3n) is 4.45. The number of carbonyl (C=O) groups excluding carboxylic acids is 1. The van der Waals surface area contributed by atoms with E-state index in [1.807, 2.05) is 27.2 Å². The van der Waals surface area contributed by atoms with E-state index in [1.165, 1.54) is 24.2 Å². The summed E-state index contributed by atoms with van der Waals surface area (Å²) in [6.45, 7) is 1.47. The monoisotopic (exact) mass is 351 g/mol. The molecule has 1 atom stereocenters. The Morgan fingerprint density at radius 3 is 3.04 bits per heavy atom. The zero-order valence-electron chi connectivity index (χ0n) is 12.6. The van der Waals surface area contributed by atoms with Gasteiger partial charge in [-0.2, -0.15) is 0 Å². The number of nitrogens with one attached hydrogen (secondary N) is 1. The fourth-order valence-corrected chi connectivity index (χ4v) is 3.88. The molecule has 0 unspecified atom stereocenters. The highest BCUT2D eigenvalue weighted by Gasteiger charge is 2.31. The Hall–Kier alpha value is -1.60. The van der Waals surface area contributed by atoms with Gasteiger partial charge in [0.05, 0.1) is 24.0 Å². The summed E-state index contributed by atoms with van der Waals surface area (Å²) < 4.78 is 2.49. The molecule has 0 bridgehead atoms. The zero-order valence-corrected chi connectivity index (χ0v) is 14.2. The Bertz CT molecular complexity index is 710. The van der Waals surface area contributed by atoms with Gasteiger partial charge in [0.25, 0.3) is 0 Å². The summed E-state index contributed by atoms with van der Waals surface area (Å²) in [6.07, 6.45) is 6.47. The van der Waals surface area contributed by atoms with Gasteiger partial charge < -0.3 is 10.2 Å². The van der Waals surface area contributed by atoms with Crippen LogP contribution in [0.15, 0.2) is 17.6 Å². The maximum Gasteiger partial charge on any atom is 0.322 e. The molecule has 122 valence electrons. The maximum atomic E-state index is 12.5. The third kappa shape index (κ3) is 3.21. The van der Waals surface area contributed by atoms with Crippen molar-refractivity contribution in [3.63, 3.8) is 0 Å². The molecule has 8 heteroatoms. The number of anilines is 1. The molecule has 2 fully saturated rings. The first kappa shape index (κ1) is 15.0. The topological polar surface area (TPSA) is 63.1 Å². The van der Waals surface area contributed by atoms with Crippen LogP contribution in [0.4, 0.5) is 10.5 Å². The van der Waals surface area contributed by atoms with Crippen LogP contribution in [0.25, 0.3) is 0 Å². The molecule has 2 amide bonds. The average Bonchev–Trinajstić information content (AvgIpc) is 2.93. The molecule has 6 nitrogen and oxygen atoms in total. The van der Waals surface area contributed by atoms with Crippen LogP contribution in [0.2, 0.25) is 4.34 Å². The van der Waals surface area contributed by atoms with Gasteiger partial charge in [-0.3, -0.25) is 4.68 Å². The summed E-state index contributed by atoms with van der Waals surface area (Å²) in [5, 5.41) is 13.2. The van der Waals surface area contributed by atoms with Gasteiger partial charge in [-0.05, 0) is 37.1 Å². The summed E-state index contributed by atoms with van der Waals surface area (Å²) in [5.74, 6) is 0.604. The summed E-state index contributed by atoms with van der Waals surface area (Å²) in [6, 6.07) is 1.89. The molecule has 1 aliphatic carbocycles. The molecule has 1 saturated heterocycles. The van der Waals surface area contributed by atoms with Crippen molar-refractivity contribution in [1.29, 1.82) is 0 Å². The smallest absolute Gasteiger partial charge is 0.320 e. The number of rotatable bonds is 4. The number of aromatic nitrogens is 3. The van der Waals surface area contributed by atoms with E-state index in [0.29, 0.717) is 22.5 Å². The molecule has 23 heavy (non-hydrogen) atoms. The van der Waals surface area contributed by atoms with Crippen molar-refractivity contribution in [2.75, 3.05) is 11.9 Å². The standard InChI is InChI=1S/C15H18ClN5OS/c16-14-12(5-7-23-14)17-15(22)21-6-1-2-11(21)8-20-9-13(18-19-20)10-3-4-10/h5,7,9-11H,1-4,6,8H2,(H,17,22)/t11-/m0/s1. The Morgan fingerprint density at radius 1 is 1.43 bits per heavy atom. The number of urea groups is 1. The van der Waals surface area contributed by atoms with Crippen molar-refractivity contribution in [3.8, 4) is 0 Å². The fraction of sp³-hybridized carbons (Fsp3) is 0.533. The van der Waals surface area contributed by atoms with Crippen molar-refractivity contribution in [2.45, 2.75) is 44.2 Å². The van der Waals surface area contributed by atoms with E-state index in [-0.39, 0.29) is 12.1 Å². The van der Waals surface area contributed by atoms with Crippen LogP contribution >= 0.6 is 22.9 Å². The van der Waals surface area contributed by atoms with Crippen molar-refractivity contribution in [3.05, 3.63) is 27.7 Å². The number of amides is 2. The predicted octanol–water partition coefficient (Wildman–Crippen LogP) is 3.57. The van der Waals surface area contributed by atoms with Crippen molar-refractivity contribution in [1.82, 2.24) is 19.9 Å². The van der Waals surface area contributed by atoms with E-state index < -0.39 is 0 Å². The highest BCUT2D eigenvalue weighted by Crippen LogP contribution is 2.38. The molecule has 2 aromatic heterocycles. The molecular formula is C15H18ClN5OS. The molecule has 1 N–H and O–H groups in total. The number of hydrogen-bond donors (Lipinski definition) is 1. The normalized spacial score (nSPS) is 20.9. The molecule has 0 aromatic carbocycles. The minimum absolute atomic E-state index is 0.0877. The Morgan fingerprint density at radius 2 is 2.30 bits per heavy atom. The lowest BCUT2D eigenvalue weighted by Crippen LogP contribution is -2.40. The number of hydrogen-bond acceptors (Lipinski definition) is 4. The number of nitrogens with zero attached hydrogens (tertiary/aromatic N) is 4. The van der Waals surface area contributed by atoms with Crippen LogP contribution in [0.3, 0.4) is 0 Å². The largest absolute Gasteiger partial charge is 0.322 e. The van der Waals surface area contributed by atoms with E-state index in [9.17, 15) is 4.79 Å². The van der Waals surface area contributed by atoms with Gasteiger partial charge in [0.1, 0.15) is 4.34 Å². The highest BCUT2D eigenvalue weighted by atomic mass is 35.5. The minimum Gasteiger partial charge on any atom is -0.320 e. The van der Waals surface area contributed by atoms with Crippen LogP contribution < -0.4 is 5.32 Å². The number of carbonyl (C=O) groups is 1. The lowest BCUT2D eigenvalue weighted by atomic mass is 10.2. The van der Waals surface area contributed by atoms with Crippen molar-refractivity contribution < 1.29 is 4.79 Å². The lowest BCUT2D eigenvalue weighted by molar-refractivity contribution is 0.199. The number of likely N-dealkylation sites (tertiary alicyclic amines) is 1. The van der Waals surface area contributed by atoms with Gasteiger partial charge in [0, 0.05) is 18.7 Å². The van der Waals surface area contributed by atoms with Crippen molar-refractivity contribution >= 4 is 34.7 Å². The predicted molar refractivity (Wildman–Crippen MR) is 90.1 cm³/mol. The zero-order chi connectivity index (χ0) is 15.8. The van der Waals surface area contributed by atoms with E-state index in [4.69, 9.17) is 11.6 Å². The quantitative estimate of drug-likeness (QED) is 0.915. The summed E-state index contributed by atoms with van der Waals surface area (Å²) >= 11 is 7.47. The van der Waals surface area contributed by atoms with Gasteiger partial charge >= 0.3 is 6.03 Å². The molecule has 1 aliphatic heterocycles. The van der Waals surface area contributed by atoms with Crippen LogP contribution in [-0.4, -0.2) is 38.5 Å².